The Morgan fingerprint density at radius 2 is 2.15 bits per heavy atom. The summed E-state index contributed by atoms with van der Waals surface area (Å²) in [6.07, 6.45) is 4.63. The largest absolute Gasteiger partial charge is 0.467 e. The molecule has 1 aliphatic heterocycles. The highest BCUT2D eigenvalue weighted by Gasteiger charge is 2.15. The molecule has 7 nitrogen and oxygen atoms in total. The van der Waals surface area contributed by atoms with E-state index in [1.165, 1.54) is 0 Å². The molecule has 156 valence electrons. The minimum absolute atomic E-state index is 0. The van der Waals surface area contributed by atoms with Crippen molar-refractivity contribution < 1.29 is 18.6 Å². The predicted molar refractivity (Wildman–Crippen MR) is 117 cm³/mol. The Labute approximate surface area is 179 Å². The van der Waals surface area contributed by atoms with Crippen molar-refractivity contribution in [3.63, 3.8) is 0 Å². The number of nitrogens with one attached hydrogen (secondary N) is 2. The minimum atomic E-state index is 0. The van der Waals surface area contributed by atoms with Crippen LogP contribution in [0.15, 0.2) is 27.8 Å². The summed E-state index contributed by atoms with van der Waals surface area (Å²) in [7, 11) is 0. The summed E-state index contributed by atoms with van der Waals surface area (Å²) in [6, 6.07) is 3.78. The third kappa shape index (κ3) is 11.6. The number of guanidine groups is 1. The fourth-order valence-corrected chi connectivity index (χ4v) is 2.61. The monoisotopic (exact) mass is 495 g/mol. The lowest BCUT2D eigenvalue weighted by Gasteiger charge is -2.12. The van der Waals surface area contributed by atoms with E-state index in [2.05, 4.69) is 22.5 Å². The van der Waals surface area contributed by atoms with E-state index in [-0.39, 0.29) is 24.0 Å². The standard InChI is InChI=1S/C19H33N3O4.HI/c1-2-20-19(21-8-4-10-23-14-17-7-13-25-15-17)22-9-5-11-24-16-18-6-3-12-26-18;/h3,6,12,17H,2,4-5,7-11,13-16H2,1H3,(H2,20,21,22);1H. The van der Waals surface area contributed by atoms with E-state index < -0.39 is 0 Å². The number of hydrogen-bond donors (Lipinski definition) is 2. The van der Waals surface area contributed by atoms with Gasteiger partial charge in [-0.25, -0.2) is 0 Å². The Morgan fingerprint density at radius 1 is 1.26 bits per heavy atom. The van der Waals surface area contributed by atoms with Crippen LogP contribution in [0.25, 0.3) is 0 Å². The summed E-state index contributed by atoms with van der Waals surface area (Å²) in [5.74, 6) is 2.28. The zero-order valence-electron chi connectivity index (χ0n) is 16.3. The van der Waals surface area contributed by atoms with E-state index in [1.54, 1.807) is 6.26 Å². The number of ether oxygens (including phenoxy) is 3. The molecule has 0 saturated carbocycles. The maximum absolute atomic E-state index is 5.71. The number of hydrogen-bond acceptors (Lipinski definition) is 5. The van der Waals surface area contributed by atoms with Gasteiger partial charge in [-0.1, -0.05) is 0 Å². The minimum Gasteiger partial charge on any atom is -0.467 e. The van der Waals surface area contributed by atoms with Crippen LogP contribution in [0.4, 0.5) is 0 Å². The molecule has 1 fully saturated rings. The molecular weight excluding hydrogens is 461 g/mol. The van der Waals surface area contributed by atoms with Crippen LogP contribution in [0, 0.1) is 5.92 Å². The first-order valence-corrected chi connectivity index (χ1v) is 9.66. The van der Waals surface area contributed by atoms with Crippen molar-refractivity contribution in [1.29, 1.82) is 0 Å². The molecule has 1 unspecified atom stereocenters. The van der Waals surface area contributed by atoms with E-state index in [4.69, 9.17) is 18.6 Å². The van der Waals surface area contributed by atoms with Gasteiger partial charge >= 0.3 is 0 Å². The molecule has 0 amide bonds. The Hall–Kier alpha value is -0.840. The van der Waals surface area contributed by atoms with Gasteiger partial charge in [0.25, 0.3) is 0 Å². The third-order valence-electron chi connectivity index (χ3n) is 4.02. The van der Waals surface area contributed by atoms with Crippen molar-refractivity contribution >= 4 is 29.9 Å². The molecule has 1 aromatic heterocycles. The average molecular weight is 495 g/mol. The molecule has 2 rings (SSSR count). The summed E-state index contributed by atoms with van der Waals surface area (Å²) < 4.78 is 21.8. The first-order valence-electron chi connectivity index (χ1n) is 9.66. The van der Waals surface area contributed by atoms with Gasteiger partial charge in [-0.2, -0.15) is 0 Å². The van der Waals surface area contributed by atoms with Crippen LogP contribution >= 0.6 is 24.0 Å². The molecule has 1 saturated heterocycles. The predicted octanol–water partition coefficient (Wildman–Crippen LogP) is 2.80. The molecule has 1 aliphatic rings. The highest BCUT2D eigenvalue weighted by Crippen LogP contribution is 2.12. The van der Waals surface area contributed by atoms with Gasteiger partial charge in [-0.05, 0) is 38.3 Å². The molecule has 0 bridgehead atoms. The molecule has 1 aromatic rings. The number of nitrogens with zero attached hydrogens (tertiary/aromatic N) is 1. The van der Waals surface area contributed by atoms with Crippen molar-refractivity contribution in [2.75, 3.05) is 52.7 Å². The maximum Gasteiger partial charge on any atom is 0.191 e. The fraction of sp³-hybridized carbons (Fsp3) is 0.737. The van der Waals surface area contributed by atoms with Crippen LogP contribution in [0.5, 0.6) is 0 Å². The molecule has 27 heavy (non-hydrogen) atoms. The molecule has 8 heteroatoms. The average Bonchev–Trinajstić information content (AvgIpc) is 3.34. The quantitative estimate of drug-likeness (QED) is 0.190. The Kier molecular flexibility index (Phi) is 14.5. The zero-order chi connectivity index (χ0) is 18.3. The van der Waals surface area contributed by atoms with Crippen LogP contribution in [-0.2, 0) is 20.8 Å². The highest BCUT2D eigenvalue weighted by molar-refractivity contribution is 14.0. The van der Waals surface area contributed by atoms with E-state index in [1.807, 2.05) is 12.1 Å². The summed E-state index contributed by atoms with van der Waals surface area (Å²) in [4.78, 5) is 4.56. The maximum atomic E-state index is 5.71. The second-order valence-electron chi connectivity index (χ2n) is 6.33. The topological polar surface area (TPSA) is 77.3 Å². The number of halogens is 1. The summed E-state index contributed by atoms with van der Waals surface area (Å²) in [5.41, 5.74) is 0. The summed E-state index contributed by atoms with van der Waals surface area (Å²) >= 11 is 0. The van der Waals surface area contributed by atoms with Crippen LogP contribution in [0.1, 0.15) is 31.9 Å². The van der Waals surface area contributed by atoms with Gasteiger partial charge < -0.3 is 29.3 Å². The van der Waals surface area contributed by atoms with Gasteiger partial charge in [0.2, 0.25) is 0 Å². The third-order valence-corrected chi connectivity index (χ3v) is 4.02. The van der Waals surface area contributed by atoms with E-state index in [0.29, 0.717) is 19.1 Å². The van der Waals surface area contributed by atoms with E-state index in [9.17, 15) is 0 Å². The molecule has 0 radical (unpaired) electrons. The van der Waals surface area contributed by atoms with Crippen molar-refractivity contribution in [1.82, 2.24) is 10.6 Å². The first kappa shape index (κ1) is 24.2. The highest BCUT2D eigenvalue weighted by atomic mass is 127. The van der Waals surface area contributed by atoms with Crippen molar-refractivity contribution in [3.05, 3.63) is 24.2 Å². The fourth-order valence-electron chi connectivity index (χ4n) is 2.61. The van der Waals surface area contributed by atoms with Crippen LogP contribution in [0.3, 0.4) is 0 Å². The number of rotatable bonds is 13. The second-order valence-corrected chi connectivity index (χ2v) is 6.33. The van der Waals surface area contributed by atoms with Gasteiger partial charge in [0.05, 0.1) is 19.5 Å². The SMILES string of the molecule is CCNC(=NCCCOCc1ccco1)NCCCOCC1CCOC1.I. The van der Waals surface area contributed by atoms with Crippen LogP contribution in [0.2, 0.25) is 0 Å². The van der Waals surface area contributed by atoms with E-state index in [0.717, 1.165) is 77.0 Å². The van der Waals surface area contributed by atoms with Gasteiger partial charge in [-0.3, -0.25) is 4.99 Å². The molecule has 0 spiro atoms. The lowest BCUT2D eigenvalue weighted by Crippen LogP contribution is -2.38. The van der Waals surface area contributed by atoms with Gasteiger partial charge in [0.15, 0.2) is 5.96 Å². The summed E-state index contributed by atoms with van der Waals surface area (Å²) in [5, 5.41) is 6.60. The lowest BCUT2D eigenvalue weighted by molar-refractivity contribution is 0.0888. The molecule has 2 heterocycles. The Bertz CT molecular complexity index is 479. The molecule has 2 N–H and O–H groups in total. The normalized spacial score (nSPS) is 16.9. The smallest absolute Gasteiger partial charge is 0.191 e. The molecule has 0 aromatic carbocycles. The summed E-state index contributed by atoms with van der Waals surface area (Å²) in [6.45, 7) is 8.98. The second kappa shape index (κ2) is 16.1. The molecular formula is C19H34IN3O4. The van der Waals surface area contributed by atoms with Crippen molar-refractivity contribution in [2.45, 2.75) is 32.8 Å². The number of furan rings is 1. The molecule has 0 aliphatic carbocycles. The van der Waals surface area contributed by atoms with Gasteiger partial charge in [0.1, 0.15) is 12.4 Å². The van der Waals surface area contributed by atoms with Crippen LogP contribution in [-0.4, -0.2) is 58.6 Å². The lowest BCUT2D eigenvalue weighted by atomic mass is 10.1. The van der Waals surface area contributed by atoms with Crippen LogP contribution < -0.4 is 10.6 Å². The Balaban J connectivity index is 0.00000364. The Morgan fingerprint density at radius 3 is 2.89 bits per heavy atom. The van der Waals surface area contributed by atoms with E-state index >= 15 is 0 Å². The van der Waals surface area contributed by atoms with Crippen molar-refractivity contribution in [3.8, 4) is 0 Å². The first-order chi connectivity index (χ1) is 12.9. The van der Waals surface area contributed by atoms with Gasteiger partial charge in [0, 0.05) is 45.4 Å². The number of aliphatic imine (C=N–C) groups is 1. The van der Waals surface area contributed by atoms with Crippen molar-refractivity contribution in [2.24, 2.45) is 10.9 Å². The molecule has 1 atom stereocenters. The zero-order valence-corrected chi connectivity index (χ0v) is 18.6. The van der Waals surface area contributed by atoms with Gasteiger partial charge in [-0.15, -0.1) is 24.0 Å².